The summed E-state index contributed by atoms with van der Waals surface area (Å²) in [5.41, 5.74) is 1.21. The monoisotopic (exact) mass is 184 g/mol. The van der Waals surface area contributed by atoms with E-state index in [2.05, 4.69) is 40.0 Å². The van der Waals surface area contributed by atoms with Crippen LogP contribution in [0.2, 0.25) is 0 Å². The summed E-state index contributed by atoms with van der Waals surface area (Å²) < 4.78 is 2.29. The van der Waals surface area contributed by atoms with Gasteiger partial charge in [0, 0.05) is 24.0 Å². The zero-order chi connectivity index (χ0) is 9.38. The molecule has 1 aliphatic rings. The average molecular weight is 184 g/mol. The molecule has 0 atom stereocenters. The van der Waals surface area contributed by atoms with E-state index in [0.29, 0.717) is 6.04 Å². The van der Waals surface area contributed by atoms with E-state index < -0.39 is 0 Å². The molecule has 1 heterocycles. The molecule has 2 nitrogen and oxygen atoms in total. The first kappa shape index (κ1) is 7.80. The highest BCUT2D eigenvalue weighted by Crippen LogP contribution is 2.37. The summed E-state index contributed by atoms with van der Waals surface area (Å²) in [7, 11) is 0. The average Bonchev–Trinajstić information content (AvgIpc) is 2.98. The van der Waals surface area contributed by atoms with Gasteiger partial charge in [-0.25, -0.2) is 4.98 Å². The van der Waals surface area contributed by atoms with Gasteiger partial charge in [-0.05, 0) is 12.8 Å². The molecule has 0 unspecified atom stereocenters. The van der Waals surface area contributed by atoms with Crippen LogP contribution in [-0.4, -0.2) is 9.55 Å². The van der Waals surface area contributed by atoms with Gasteiger partial charge in [-0.3, -0.25) is 0 Å². The number of imidazole rings is 1. The zero-order valence-corrected chi connectivity index (χ0v) is 7.93. The molecule has 3 rings (SSSR count). The van der Waals surface area contributed by atoms with Crippen molar-refractivity contribution >= 4 is 0 Å². The summed E-state index contributed by atoms with van der Waals surface area (Å²) in [5, 5.41) is 0. The van der Waals surface area contributed by atoms with E-state index in [4.69, 9.17) is 0 Å². The number of benzene rings is 1. The van der Waals surface area contributed by atoms with Crippen LogP contribution < -0.4 is 0 Å². The fourth-order valence-electron chi connectivity index (χ4n) is 1.77. The second-order valence-electron chi connectivity index (χ2n) is 3.76. The highest BCUT2D eigenvalue weighted by molar-refractivity contribution is 5.55. The lowest BCUT2D eigenvalue weighted by atomic mass is 10.2. The molecule has 0 saturated heterocycles. The van der Waals surface area contributed by atoms with Gasteiger partial charge in [0.2, 0.25) is 0 Å². The van der Waals surface area contributed by atoms with Crippen LogP contribution in [0.1, 0.15) is 18.9 Å². The van der Waals surface area contributed by atoms with Gasteiger partial charge in [-0.1, -0.05) is 30.3 Å². The van der Waals surface area contributed by atoms with Crippen molar-refractivity contribution in [3.05, 3.63) is 42.7 Å². The van der Waals surface area contributed by atoms with Crippen molar-refractivity contribution in [1.29, 1.82) is 0 Å². The molecule has 0 bridgehead atoms. The lowest BCUT2D eigenvalue weighted by Gasteiger charge is -2.05. The van der Waals surface area contributed by atoms with Crippen LogP contribution in [0.4, 0.5) is 0 Å². The van der Waals surface area contributed by atoms with E-state index in [9.17, 15) is 0 Å². The SMILES string of the molecule is c1ccc(-c2nccn2C2CC2)cc1. The van der Waals surface area contributed by atoms with Gasteiger partial charge >= 0.3 is 0 Å². The molecule has 2 aromatic rings. The summed E-state index contributed by atoms with van der Waals surface area (Å²) in [5.74, 6) is 1.10. The maximum Gasteiger partial charge on any atom is 0.140 e. The third-order valence-electron chi connectivity index (χ3n) is 2.64. The van der Waals surface area contributed by atoms with E-state index in [0.717, 1.165) is 5.82 Å². The van der Waals surface area contributed by atoms with Gasteiger partial charge in [-0.2, -0.15) is 0 Å². The predicted octanol–water partition coefficient (Wildman–Crippen LogP) is 2.89. The zero-order valence-electron chi connectivity index (χ0n) is 7.93. The van der Waals surface area contributed by atoms with E-state index in [1.165, 1.54) is 18.4 Å². The highest BCUT2D eigenvalue weighted by Gasteiger charge is 2.25. The van der Waals surface area contributed by atoms with Crippen LogP contribution in [0.3, 0.4) is 0 Å². The Labute approximate surface area is 83.2 Å². The maximum atomic E-state index is 4.41. The summed E-state index contributed by atoms with van der Waals surface area (Å²) in [6.45, 7) is 0. The molecule has 1 saturated carbocycles. The van der Waals surface area contributed by atoms with Crippen molar-refractivity contribution in [3.8, 4) is 11.4 Å². The molecule has 1 fully saturated rings. The molecule has 0 amide bonds. The number of aromatic nitrogens is 2. The lowest BCUT2D eigenvalue weighted by molar-refractivity contribution is 0.750. The Kier molecular flexibility index (Phi) is 1.66. The molecule has 1 aromatic carbocycles. The lowest BCUT2D eigenvalue weighted by Crippen LogP contribution is -1.95. The van der Waals surface area contributed by atoms with Gasteiger partial charge in [0.05, 0.1) is 0 Å². The Morgan fingerprint density at radius 1 is 1.14 bits per heavy atom. The van der Waals surface area contributed by atoms with E-state index in [1.54, 1.807) is 0 Å². The van der Waals surface area contributed by atoms with Crippen molar-refractivity contribution < 1.29 is 0 Å². The van der Waals surface area contributed by atoms with Crippen LogP contribution in [0.25, 0.3) is 11.4 Å². The summed E-state index contributed by atoms with van der Waals surface area (Å²) in [4.78, 5) is 4.41. The normalized spacial score (nSPS) is 15.7. The second-order valence-corrected chi connectivity index (χ2v) is 3.76. The van der Waals surface area contributed by atoms with E-state index in [-0.39, 0.29) is 0 Å². The van der Waals surface area contributed by atoms with E-state index in [1.807, 2.05) is 12.3 Å². The predicted molar refractivity (Wildman–Crippen MR) is 55.9 cm³/mol. The van der Waals surface area contributed by atoms with Crippen molar-refractivity contribution in [1.82, 2.24) is 9.55 Å². The van der Waals surface area contributed by atoms with Crippen LogP contribution in [0.5, 0.6) is 0 Å². The first-order valence-electron chi connectivity index (χ1n) is 5.03. The third kappa shape index (κ3) is 1.23. The van der Waals surface area contributed by atoms with Gasteiger partial charge < -0.3 is 4.57 Å². The van der Waals surface area contributed by atoms with Crippen molar-refractivity contribution in [2.45, 2.75) is 18.9 Å². The van der Waals surface area contributed by atoms with Crippen LogP contribution >= 0.6 is 0 Å². The van der Waals surface area contributed by atoms with Crippen LogP contribution in [0.15, 0.2) is 42.7 Å². The molecule has 0 aliphatic heterocycles. The molecule has 70 valence electrons. The first-order chi connectivity index (χ1) is 6.95. The maximum absolute atomic E-state index is 4.41. The minimum atomic E-state index is 0.702. The summed E-state index contributed by atoms with van der Waals surface area (Å²) in [6, 6.07) is 11.1. The number of nitrogens with zero attached hydrogens (tertiary/aromatic N) is 2. The van der Waals surface area contributed by atoms with E-state index >= 15 is 0 Å². The van der Waals surface area contributed by atoms with Gasteiger partial charge in [-0.15, -0.1) is 0 Å². The van der Waals surface area contributed by atoms with Crippen molar-refractivity contribution in [2.75, 3.05) is 0 Å². The molecule has 14 heavy (non-hydrogen) atoms. The molecule has 2 heteroatoms. The first-order valence-corrected chi connectivity index (χ1v) is 5.03. The molecular weight excluding hydrogens is 172 g/mol. The molecular formula is C12H12N2. The largest absolute Gasteiger partial charge is 0.328 e. The topological polar surface area (TPSA) is 17.8 Å². The molecule has 0 radical (unpaired) electrons. The van der Waals surface area contributed by atoms with Gasteiger partial charge in [0.15, 0.2) is 0 Å². The van der Waals surface area contributed by atoms with Gasteiger partial charge in [0.1, 0.15) is 5.82 Å². The fourth-order valence-corrected chi connectivity index (χ4v) is 1.77. The minimum absolute atomic E-state index is 0.702. The number of hydrogen-bond acceptors (Lipinski definition) is 1. The third-order valence-corrected chi connectivity index (χ3v) is 2.64. The number of hydrogen-bond donors (Lipinski definition) is 0. The molecule has 0 N–H and O–H groups in total. The number of rotatable bonds is 2. The quantitative estimate of drug-likeness (QED) is 0.701. The molecule has 1 aliphatic carbocycles. The standard InChI is InChI=1S/C12H12N2/c1-2-4-10(5-3-1)12-13-8-9-14(12)11-6-7-11/h1-5,8-9,11H,6-7H2. The fraction of sp³-hybridized carbons (Fsp3) is 0.250. The molecule has 1 aromatic heterocycles. The van der Waals surface area contributed by atoms with Crippen molar-refractivity contribution in [3.63, 3.8) is 0 Å². The second kappa shape index (κ2) is 2.98. The van der Waals surface area contributed by atoms with Crippen molar-refractivity contribution in [2.24, 2.45) is 0 Å². The summed E-state index contributed by atoms with van der Waals surface area (Å²) in [6.07, 6.45) is 6.58. The Balaban J connectivity index is 2.07. The minimum Gasteiger partial charge on any atom is -0.328 e. The smallest absolute Gasteiger partial charge is 0.140 e. The Hall–Kier alpha value is -1.57. The Morgan fingerprint density at radius 2 is 1.93 bits per heavy atom. The Bertz CT molecular complexity index is 427. The molecule has 0 spiro atoms. The Morgan fingerprint density at radius 3 is 2.64 bits per heavy atom. The highest BCUT2D eigenvalue weighted by atomic mass is 15.1. The summed E-state index contributed by atoms with van der Waals surface area (Å²) >= 11 is 0. The van der Waals surface area contributed by atoms with Crippen LogP contribution in [0, 0.1) is 0 Å². The van der Waals surface area contributed by atoms with Crippen LogP contribution in [-0.2, 0) is 0 Å². The van der Waals surface area contributed by atoms with Gasteiger partial charge in [0.25, 0.3) is 0 Å².